The van der Waals surface area contributed by atoms with Crippen LogP contribution in [0.3, 0.4) is 0 Å². The van der Waals surface area contributed by atoms with Crippen molar-refractivity contribution in [2.75, 3.05) is 0 Å². The van der Waals surface area contributed by atoms with E-state index in [1.807, 2.05) is 0 Å². The molecular weight excluding hydrogens is 196 g/mol. The molecule has 0 bridgehead atoms. The molecule has 4 heteroatoms. The molecule has 0 amide bonds. The van der Waals surface area contributed by atoms with Gasteiger partial charge in [-0.1, -0.05) is 24.3 Å². The van der Waals surface area contributed by atoms with E-state index >= 15 is 0 Å². The third-order valence-electron chi connectivity index (χ3n) is 1.96. The minimum absolute atomic E-state index is 0.0638. The number of carbonyl (C=O) groups excluding carboxylic acids is 2. The van der Waals surface area contributed by atoms with E-state index < -0.39 is 11.8 Å². The van der Waals surface area contributed by atoms with Gasteiger partial charge in [-0.2, -0.15) is 0 Å². The van der Waals surface area contributed by atoms with Gasteiger partial charge in [-0.15, -0.1) is 0 Å². The standard InChI is InChI=1S/C11H10O4/c1-7(12)9-4-2-8(3-5-9)6-10(13)11(14)15/h2-5H,6H2,1H3,(H,14,15). The summed E-state index contributed by atoms with van der Waals surface area (Å²) in [6, 6.07) is 6.31. The molecule has 0 radical (unpaired) electrons. The molecule has 78 valence electrons. The van der Waals surface area contributed by atoms with Crippen molar-refractivity contribution in [2.45, 2.75) is 13.3 Å². The Morgan fingerprint density at radius 2 is 1.67 bits per heavy atom. The summed E-state index contributed by atoms with van der Waals surface area (Å²) in [5, 5.41) is 8.38. The Morgan fingerprint density at radius 1 is 1.13 bits per heavy atom. The van der Waals surface area contributed by atoms with Crippen LogP contribution in [0.5, 0.6) is 0 Å². The number of benzene rings is 1. The highest BCUT2D eigenvalue weighted by Crippen LogP contribution is 2.06. The van der Waals surface area contributed by atoms with E-state index in [1.54, 1.807) is 24.3 Å². The largest absolute Gasteiger partial charge is 0.475 e. The van der Waals surface area contributed by atoms with Gasteiger partial charge < -0.3 is 5.11 Å². The van der Waals surface area contributed by atoms with Gasteiger partial charge in [-0.25, -0.2) is 4.79 Å². The van der Waals surface area contributed by atoms with E-state index in [9.17, 15) is 14.4 Å². The van der Waals surface area contributed by atoms with Crippen molar-refractivity contribution >= 4 is 17.5 Å². The van der Waals surface area contributed by atoms with Gasteiger partial charge in [0.1, 0.15) is 0 Å². The fraction of sp³-hybridized carbons (Fsp3) is 0.182. The van der Waals surface area contributed by atoms with Crippen molar-refractivity contribution in [1.82, 2.24) is 0 Å². The van der Waals surface area contributed by atoms with Crippen LogP contribution in [0.15, 0.2) is 24.3 Å². The smallest absolute Gasteiger partial charge is 0.372 e. The second-order valence-corrected chi connectivity index (χ2v) is 3.16. The zero-order valence-electron chi connectivity index (χ0n) is 8.19. The van der Waals surface area contributed by atoms with Crippen LogP contribution in [0.1, 0.15) is 22.8 Å². The van der Waals surface area contributed by atoms with E-state index in [0.29, 0.717) is 11.1 Å². The number of ketones is 2. The number of rotatable bonds is 4. The summed E-state index contributed by atoms with van der Waals surface area (Å²) in [5.74, 6) is -2.36. The van der Waals surface area contributed by atoms with E-state index in [1.165, 1.54) is 6.92 Å². The van der Waals surface area contributed by atoms with Crippen LogP contribution in [-0.4, -0.2) is 22.6 Å². The molecule has 1 N–H and O–H groups in total. The van der Waals surface area contributed by atoms with Gasteiger partial charge >= 0.3 is 5.97 Å². The Hall–Kier alpha value is -1.97. The number of carboxylic acid groups (broad SMARTS) is 1. The van der Waals surface area contributed by atoms with Gasteiger partial charge in [-0.3, -0.25) is 9.59 Å². The third-order valence-corrected chi connectivity index (χ3v) is 1.96. The number of hydrogen-bond donors (Lipinski definition) is 1. The van der Waals surface area contributed by atoms with Gasteiger partial charge in [0.2, 0.25) is 5.78 Å². The zero-order chi connectivity index (χ0) is 11.4. The number of carbonyl (C=O) groups is 3. The molecule has 1 aromatic rings. The molecule has 0 saturated carbocycles. The molecule has 0 atom stereocenters. The highest BCUT2D eigenvalue weighted by atomic mass is 16.4. The van der Waals surface area contributed by atoms with Crippen LogP contribution in [0.25, 0.3) is 0 Å². The summed E-state index contributed by atoms with van der Waals surface area (Å²) >= 11 is 0. The minimum Gasteiger partial charge on any atom is -0.475 e. The maximum Gasteiger partial charge on any atom is 0.372 e. The fourth-order valence-corrected chi connectivity index (χ4v) is 1.12. The van der Waals surface area contributed by atoms with Crippen LogP contribution in [-0.2, 0) is 16.0 Å². The van der Waals surface area contributed by atoms with E-state index in [0.717, 1.165) is 0 Å². The second kappa shape index (κ2) is 4.50. The first-order valence-corrected chi connectivity index (χ1v) is 4.36. The molecule has 1 aromatic carbocycles. The first kappa shape index (κ1) is 11.1. The highest BCUT2D eigenvalue weighted by molar-refractivity contribution is 6.33. The van der Waals surface area contributed by atoms with Crippen LogP contribution < -0.4 is 0 Å². The van der Waals surface area contributed by atoms with Crippen LogP contribution >= 0.6 is 0 Å². The maximum atomic E-state index is 10.9. The van der Waals surface area contributed by atoms with Crippen LogP contribution in [0, 0.1) is 0 Å². The van der Waals surface area contributed by atoms with Crippen molar-refractivity contribution in [1.29, 1.82) is 0 Å². The van der Waals surface area contributed by atoms with Crippen molar-refractivity contribution in [3.05, 3.63) is 35.4 Å². The molecule has 0 spiro atoms. The van der Waals surface area contributed by atoms with Crippen molar-refractivity contribution < 1.29 is 19.5 Å². The van der Waals surface area contributed by atoms with Gasteiger partial charge in [0.15, 0.2) is 5.78 Å². The summed E-state index contributed by atoms with van der Waals surface area (Å²) in [7, 11) is 0. The predicted octanol–water partition coefficient (Wildman–Crippen LogP) is 1.09. The molecule has 15 heavy (non-hydrogen) atoms. The minimum atomic E-state index is -1.44. The van der Waals surface area contributed by atoms with Crippen LogP contribution in [0.2, 0.25) is 0 Å². The number of Topliss-reactive ketones (excluding diaryl/α,β-unsaturated/α-hetero) is 2. The predicted molar refractivity (Wildman–Crippen MR) is 52.8 cm³/mol. The lowest BCUT2D eigenvalue weighted by Crippen LogP contribution is -2.15. The lowest BCUT2D eigenvalue weighted by atomic mass is 10.1. The average Bonchev–Trinajstić information content (AvgIpc) is 2.18. The Kier molecular flexibility index (Phi) is 3.33. The summed E-state index contributed by atoms with van der Waals surface area (Å²) in [6.07, 6.45) is -0.145. The molecular formula is C11H10O4. The molecule has 0 aromatic heterocycles. The highest BCUT2D eigenvalue weighted by Gasteiger charge is 2.11. The van der Waals surface area contributed by atoms with Crippen molar-refractivity contribution in [3.63, 3.8) is 0 Å². The summed E-state index contributed by atoms with van der Waals surface area (Å²) in [6.45, 7) is 1.44. The molecule has 1 rings (SSSR count). The van der Waals surface area contributed by atoms with Gasteiger partial charge in [0.25, 0.3) is 0 Å². The molecule has 0 aliphatic carbocycles. The third kappa shape index (κ3) is 3.02. The monoisotopic (exact) mass is 206 g/mol. The van der Waals surface area contributed by atoms with Gasteiger partial charge in [0.05, 0.1) is 0 Å². The van der Waals surface area contributed by atoms with Gasteiger partial charge in [-0.05, 0) is 12.5 Å². The second-order valence-electron chi connectivity index (χ2n) is 3.16. The number of aliphatic carboxylic acids is 1. The molecule has 0 fully saturated rings. The van der Waals surface area contributed by atoms with Crippen molar-refractivity contribution in [2.24, 2.45) is 0 Å². The molecule has 0 aliphatic heterocycles. The van der Waals surface area contributed by atoms with E-state index in [-0.39, 0.29) is 12.2 Å². The number of carboxylic acids is 1. The first-order valence-electron chi connectivity index (χ1n) is 4.36. The molecule has 0 saturated heterocycles. The van der Waals surface area contributed by atoms with E-state index in [2.05, 4.69) is 0 Å². The molecule has 4 nitrogen and oxygen atoms in total. The lowest BCUT2D eigenvalue weighted by Gasteiger charge is -1.99. The first-order chi connectivity index (χ1) is 7.00. The Bertz CT molecular complexity index is 403. The van der Waals surface area contributed by atoms with Crippen LogP contribution in [0.4, 0.5) is 0 Å². The number of hydrogen-bond acceptors (Lipinski definition) is 3. The molecule has 0 heterocycles. The zero-order valence-corrected chi connectivity index (χ0v) is 8.19. The molecule has 0 aliphatic rings. The summed E-state index contributed by atoms with van der Waals surface area (Å²) < 4.78 is 0. The Morgan fingerprint density at radius 3 is 2.07 bits per heavy atom. The quantitative estimate of drug-likeness (QED) is 0.591. The molecule has 0 unspecified atom stereocenters. The summed E-state index contributed by atoms with van der Waals surface area (Å²) in [4.78, 5) is 32.1. The Balaban J connectivity index is 2.77. The topological polar surface area (TPSA) is 71.4 Å². The normalized spacial score (nSPS) is 9.67. The van der Waals surface area contributed by atoms with E-state index in [4.69, 9.17) is 5.11 Å². The Labute approximate surface area is 86.5 Å². The van der Waals surface area contributed by atoms with Gasteiger partial charge in [0, 0.05) is 12.0 Å². The average molecular weight is 206 g/mol. The van der Waals surface area contributed by atoms with Crippen molar-refractivity contribution in [3.8, 4) is 0 Å². The maximum absolute atomic E-state index is 10.9. The lowest BCUT2D eigenvalue weighted by molar-refractivity contribution is -0.148. The fourth-order valence-electron chi connectivity index (χ4n) is 1.12. The SMILES string of the molecule is CC(=O)c1ccc(CC(=O)C(=O)O)cc1. The summed E-state index contributed by atoms with van der Waals surface area (Å²) in [5.41, 5.74) is 1.13.